The second-order valence-corrected chi connectivity index (χ2v) is 4.60. The van der Waals surface area contributed by atoms with Crippen LogP contribution in [0, 0.1) is 5.92 Å². The van der Waals surface area contributed by atoms with Crippen LogP contribution in [0.25, 0.3) is 0 Å². The Bertz CT molecular complexity index is 130. The fourth-order valence-corrected chi connectivity index (χ4v) is 1.93. The molecule has 1 rings (SSSR count). The van der Waals surface area contributed by atoms with Gasteiger partial charge in [-0.25, -0.2) is 0 Å². The predicted molar refractivity (Wildman–Crippen MR) is 48.7 cm³/mol. The molecule has 0 saturated carbocycles. The lowest BCUT2D eigenvalue weighted by Gasteiger charge is -2.18. The number of nitrogens with zero attached hydrogens (tertiary/aromatic N) is 1. The van der Waals surface area contributed by atoms with Crippen molar-refractivity contribution in [1.82, 2.24) is 10.2 Å². The maximum Gasteiger partial charge on any atom is 0.0128 e. The van der Waals surface area contributed by atoms with Crippen molar-refractivity contribution in [2.45, 2.75) is 25.8 Å². The standard InChI is InChI=1S/C9H20N2/c1-9(2)5-8(6-10-9)7-11(3)4/h8,10H,5-7H2,1-4H3. The minimum Gasteiger partial charge on any atom is -0.311 e. The summed E-state index contributed by atoms with van der Waals surface area (Å²) in [5.41, 5.74) is 0.376. The van der Waals surface area contributed by atoms with E-state index in [1.54, 1.807) is 0 Å². The van der Waals surface area contributed by atoms with Gasteiger partial charge in [0, 0.05) is 12.1 Å². The van der Waals surface area contributed by atoms with Crippen molar-refractivity contribution in [3.63, 3.8) is 0 Å². The van der Waals surface area contributed by atoms with Crippen molar-refractivity contribution < 1.29 is 0 Å². The van der Waals surface area contributed by atoms with E-state index in [0.717, 1.165) is 5.92 Å². The molecule has 1 heterocycles. The van der Waals surface area contributed by atoms with Crippen molar-refractivity contribution in [2.75, 3.05) is 27.2 Å². The molecule has 1 saturated heterocycles. The van der Waals surface area contributed by atoms with Crippen molar-refractivity contribution >= 4 is 0 Å². The van der Waals surface area contributed by atoms with E-state index in [-0.39, 0.29) is 0 Å². The molecule has 0 aromatic heterocycles. The Morgan fingerprint density at radius 1 is 1.45 bits per heavy atom. The van der Waals surface area contributed by atoms with Crippen LogP contribution in [-0.2, 0) is 0 Å². The Morgan fingerprint density at radius 2 is 2.09 bits per heavy atom. The summed E-state index contributed by atoms with van der Waals surface area (Å²) in [5.74, 6) is 0.847. The van der Waals surface area contributed by atoms with Gasteiger partial charge in [0.05, 0.1) is 0 Å². The second kappa shape index (κ2) is 3.11. The van der Waals surface area contributed by atoms with Gasteiger partial charge < -0.3 is 10.2 Å². The molecule has 0 bridgehead atoms. The highest BCUT2D eigenvalue weighted by Gasteiger charge is 2.29. The van der Waals surface area contributed by atoms with Crippen LogP contribution in [0.5, 0.6) is 0 Å². The van der Waals surface area contributed by atoms with Crippen molar-refractivity contribution in [2.24, 2.45) is 5.92 Å². The molecule has 2 nitrogen and oxygen atoms in total. The van der Waals surface area contributed by atoms with Gasteiger partial charge in [-0.2, -0.15) is 0 Å². The normalized spacial score (nSPS) is 29.7. The molecule has 1 fully saturated rings. The molecule has 1 unspecified atom stereocenters. The van der Waals surface area contributed by atoms with Crippen LogP contribution < -0.4 is 5.32 Å². The zero-order chi connectivity index (χ0) is 8.48. The molecule has 11 heavy (non-hydrogen) atoms. The molecular weight excluding hydrogens is 136 g/mol. The summed E-state index contributed by atoms with van der Waals surface area (Å²) >= 11 is 0. The summed E-state index contributed by atoms with van der Waals surface area (Å²) in [6.07, 6.45) is 1.31. The van der Waals surface area contributed by atoms with Crippen LogP contribution in [0.4, 0.5) is 0 Å². The highest BCUT2D eigenvalue weighted by atomic mass is 15.1. The molecule has 0 spiro atoms. The molecule has 0 amide bonds. The van der Waals surface area contributed by atoms with Gasteiger partial charge in [0.1, 0.15) is 0 Å². The average molecular weight is 156 g/mol. The topological polar surface area (TPSA) is 15.3 Å². The first-order chi connectivity index (χ1) is 4.99. The molecule has 66 valence electrons. The highest BCUT2D eigenvalue weighted by molar-refractivity contribution is 4.89. The minimum absolute atomic E-state index is 0.376. The number of hydrogen-bond acceptors (Lipinski definition) is 2. The lowest BCUT2D eigenvalue weighted by Crippen LogP contribution is -2.31. The molecule has 1 N–H and O–H groups in total. The van der Waals surface area contributed by atoms with Gasteiger partial charge in [-0.15, -0.1) is 0 Å². The lowest BCUT2D eigenvalue weighted by molar-refractivity contribution is 0.328. The van der Waals surface area contributed by atoms with E-state index in [1.165, 1.54) is 19.5 Å². The van der Waals surface area contributed by atoms with Gasteiger partial charge in [0.2, 0.25) is 0 Å². The summed E-state index contributed by atoms with van der Waals surface area (Å²) < 4.78 is 0. The molecule has 1 atom stereocenters. The average Bonchev–Trinajstić information content (AvgIpc) is 2.08. The van der Waals surface area contributed by atoms with Gasteiger partial charge in [0.25, 0.3) is 0 Å². The zero-order valence-corrected chi connectivity index (χ0v) is 8.15. The van der Waals surface area contributed by atoms with E-state index < -0.39 is 0 Å². The third kappa shape index (κ3) is 2.80. The Morgan fingerprint density at radius 3 is 2.45 bits per heavy atom. The summed E-state index contributed by atoms with van der Waals surface area (Å²) in [4.78, 5) is 2.27. The molecule has 0 aromatic rings. The van der Waals surface area contributed by atoms with E-state index in [2.05, 4.69) is 38.2 Å². The van der Waals surface area contributed by atoms with E-state index >= 15 is 0 Å². The second-order valence-electron chi connectivity index (χ2n) is 4.60. The van der Waals surface area contributed by atoms with E-state index in [1.807, 2.05) is 0 Å². The maximum absolute atomic E-state index is 3.52. The predicted octanol–water partition coefficient (Wildman–Crippen LogP) is 0.936. The first-order valence-corrected chi connectivity index (χ1v) is 4.39. The van der Waals surface area contributed by atoms with E-state index in [0.29, 0.717) is 5.54 Å². The minimum atomic E-state index is 0.376. The van der Waals surface area contributed by atoms with Crippen LogP contribution >= 0.6 is 0 Å². The lowest BCUT2D eigenvalue weighted by atomic mass is 9.97. The molecule has 0 radical (unpaired) electrons. The highest BCUT2D eigenvalue weighted by Crippen LogP contribution is 2.23. The summed E-state index contributed by atoms with van der Waals surface area (Å²) in [6, 6.07) is 0. The molecule has 0 aliphatic carbocycles. The Labute approximate surface area is 70.0 Å². The van der Waals surface area contributed by atoms with Crippen LogP contribution in [0.15, 0.2) is 0 Å². The largest absolute Gasteiger partial charge is 0.311 e. The SMILES string of the molecule is CN(C)CC1CNC(C)(C)C1. The van der Waals surface area contributed by atoms with Crippen molar-refractivity contribution in [3.8, 4) is 0 Å². The molecule has 1 aliphatic heterocycles. The Hall–Kier alpha value is -0.0800. The van der Waals surface area contributed by atoms with Gasteiger partial charge in [0.15, 0.2) is 0 Å². The number of rotatable bonds is 2. The molecular formula is C9H20N2. The molecule has 0 aromatic carbocycles. The van der Waals surface area contributed by atoms with Crippen molar-refractivity contribution in [1.29, 1.82) is 0 Å². The summed E-state index contributed by atoms with van der Waals surface area (Å²) in [7, 11) is 4.29. The Balaban J connectivity index is 2.31. The van der Waals surface area contributed by atoms with Crippen LogP contribution in [-0.4, -0.2) is 37.6 Å². The fraction of sp³-hybridized carbons (Fsp3) is 1.00. The quantitative estimate of drug-likeness (QED) is 0.640. The van der Waals surface area contributed by atoms with Crippen molar-refractivity contribution in [3.05, 3.63) is 0 Å². The van der Waals surface area contributed by atoms with E-state index in [4.69, 9.17) is 0 Å². The van der Waals surface area contributed by atoms with Crippen LogP contribution in [0.3, 0.4) is 0 Å². The van der Waals surface area contributed by atoms with Gasteiger partial charge in [-0.3, -0.25) is 0 Å². The van der Waals surface area contributed by atoms with Gasteiger partial charge >= 0.3 is 0 Å². The third-order valence-electron chi connectivity index (χ3n) is 2.29. The Kier molecular flexibility index (Phi) is 2.55. The number of nitrogens with one attached hydrogen (secondary N) is 1. The number of hydrogen-bond donors (Lipinski definition) is 1. The van der Waals surface area contributed by atoms with Gasteiger partial charge in [-0.05, 0) is 46.8 Å². The maximum atomic E-state index is 3.52. The molecule has 1 aliphatic rings. The molecule has 2 heteroatoms. The third-order valence-corrected chi connectivity index (χ3v) is 2.29. The van der Waals surface area contributed by atoms with Crippen LogP contribution in [0.2, 0.25) is 0 Å². The fourth-order valence-electron chi connectivity index (χ4n) is 1.93. The van der Waals surface area contributed by atoms with Gasteiger partial charge in [-0.1, -0.05) is 0 Å². The zero-order valence-electron chi connectivity index (χ0n) is 8.15. The first kappa shape index (κ1) is 9.01. The summed E-state index contributed by atoms with van der Waals surface area (Å²) in [5, 5.41) is 3.52. The first-order valence-electron chi connectivity index (χ1n) is 4.39. The summed E-state index contributed by atoms with van der Waals surface area (Å²) in [6.45, 7) is 6.97. The van der Waals surface area contributed by atoms with Crippen LogP contribution in [0.1, 0.15) is 20.3 Å². The van der Waals surface area contributed by atoms with E-state index in [9.17, 15) is 0 Å². The smallest absolute Gasteiger partial charge is 0.0128 e. The monoisotopic (exact) mass is 156 g/mol.